The molecule has 0 radical (unpaired) electrons. The first kappa shape index (κ1) is 17.5. The summed E-state index contributed by atoms with van der Waals surface area (Å²) in [6.45, 7) is -2.05. The van der Waals surface area contributed by atoms with Gasteiger partial charge in [-0.15, -0.1) is 0 Å². The maximum Gasteiger partial charge on any atom is 0.267 e. The quantitative estimate of drug-likeness (QED) is 0.716. The summed E-state index contributed by atoms with van der Waals surface area (Å²) in [6.07, 6.45) is -1.70. The van der Waals surface area contributed by atoms with Crippen LogP contribution in [0.3, 0.4) is 0 Å². The van der Waals surface area contributed by atoms with Crippen LogP contribution in [0.25, 0.3) is 0 Å². The summed E-state index contributed by atoms with van der Waals surface area (Å²) in [7, 11) is -1.36. The van der Waals surface area contributed by atoms with E-state index in [9.17, 15) is 22.0 Å². The Morgan fingerprint density at radius 1 is 1.52 bits per heavy atom. The lowest BCUT2D eigenvalue weighted by molar-refractivity contribution is 0.0954. The van der Waals surface area contributed by atoms with Crippen molar-refractivity contribution in [3.63, 3.8) is 0 Å². The summed E-state index contributed by atoms with van der Waals surface area (Å²) >= 11 is 0. The molecule has 0 unspecified atom stereocenters. The number of sulfonamides is 1. The summed E-state index contributed by atoms with van der Waals surface area (Å²) in [6, 6.07) is 1.10. The van der Waals surface area contributed by atoms with Crippen molar-refractivity contribution in [3.05, 3.63) is 18.0 Å². The van der Waals surface area contributed by atoms with Crippen molar-refractivity contribution in [1.82, 2.24) is 14.2 Å². The number of amides is 1. The Balaban J connectivity index is 3.19. The van der Waals surface area contributed by atoms with Crippen LogP contribution in [0.15, 0.2) is 17.2 Å². The van der Waals surface area contributed by atoms with Crippen LogP contribution in [0.5, 0.6) is 0 Å². The highest BCUT2D eigenvalue weighted by Gasteiger charge is 2.29. The lowest BCUT2D eigenvalue weighted by atomic mass is 10.4. The van der Waals surface area contributed by atoms with Gasteiger partial charge in [0.15, 0.2) is 0 Å². The maximum atomic E-state index is 12.5. The summed E-state index contributed by atoms with van der Waals surface area (Å²) in [5.74, 6) is -0.499. The highest BCUT2D eigenvalue weighted by atomic mass is 32.2. The first-order valence-electron chi connectivity index (χ1n) is 6.01. The zero-order valence-electron chi connectivity index (χ0n) is 11.6. The number of aliphatic hydroxyl groups excluding tert-OH is 1. The SMILES string of the molecule is CNC(=O)c1cc(S(=O)(=O)N(CCO)CC(F)F)cn1C. The number of carbonyl (C=O) groups is 1. The smallest absolute Gasteiger partial charge is 0.267 e. The molecule has 0 saturated heterocycles. The second-order valence-electron chi connectivity index (χ2n) is 4.23. The molecule has 0 saturated carbocycles. The minimum Gasteiger partial charge on any atom is -0.395 e. The molecule has 0 aromatic carbocycles. The molecule has 0 fully saturated rings. The van der Waals surface area contributed by atoms with Gasteiger partial charge in [-0.3, -0.25) is 4.79 Å². The Morgan fingerprint density at radius 2 is 2.14 bits per heavy atom. The highest BCUT2D eigenvalue weighted by molar-refractivity contribution is 7.89. The van der Waals surface area contributed by atoms with Gasteiger partial charge in [0.25, 0.3) is 12.3 Å². The van der Waals surface area contributed by atoms with Crippen LogP contribution in [0.1, 0.15) is 10.5 Å². The molecule has 0 atom stereocenters. The predicted octanol–water partition coefficient (Wildman–Crippen LogP) is -0.367. The molecule has 1 heterocycles. The zero-order valence-corrected chi connectivity index (χ0v) is 12.4. The molecule has 0 aliphatic heterocycles. The number of aryl methyl sites for hydroxylation is 1. The lowest BCUT2D eigenvalue weighted by Gasteiger charge is -2.19. The van der Waals surface area contributed by atoms with Gasteiger partial charge in [0.1, 0.15) is 10.6 Å². The number of rotatable bonds is 7. The topological polar surface area (TPSA) is 91.6 Å². The van der Waals surface area contributed by atoms with E-state index in [4.69, 9.17) is 5.11 Å². The minimum absolute atomic E-state index is 0.0806. The van der Waals surface area contributed by atoms with E-state index in [1.165, 1.54) is 18.7 Å². The standard InChI is InChI=1S/C11H17F2N3O4S/c1-14-11(18)9-5-8(6-15(9)2)21(19,20)16(3-4-17)7-10(12)13/h5-6,10,17H,3-4,7H2,1-2H3,(H,14,18). The Bertz CT molecular complexity index is 601. The zero-order chi connectivity index (χ0) is 16.2. The summed E-state index contributed by atoms with van der Waals surface area (Å²) in [4.78, 5) is 11.3. The van der Waals surface area contributed by atoms with Crippen LogP contribution in [-0.2, 0) is 17.1 Å². The second-order valence-corrected chi connectivity index (χ2v) is 6.17. The van der Waals surface area contributed by atoms with Crippen LogP contribution in [0, 0.1) is 0 Å². The van der Waals surface area contributed by atoms with E-state index >= 15 is 0 Å². The molecule has 1 aromatic heterocycles. The number of alkyl halides is 2. The average Bonchev–Trinajstić information content (AvgIpc) is 2.79. The Morgan fingerprint density at radius 3 is 2.62 bits per heavy atom. The lowest BCUT2D eigenvalue weighted by Crippen LogP contribution is -2.37. The third-order valence-electron chi connectivity index (χ3n) is 2.77. The molecule has 1 amide bonds. The van der Waals surface area contributed by atoms with Crippen molar-refractivity contribution >= 4 is 15.9 Å². The van der Waals surface area contributed by atoms with Crippen molar-refractivity contribution in [3.8, 4) is 0 Å². The molecular formula is C11H17F2N3O4S. The fourth-order valence-electron chi connectivity index (χ4n) is 1.75. The largest absolute Gasteiger partial charge is 0.395 e. The van der Waals surface area contributed by atoms with E-state index in [-0.39, 0.29) is 10.6 Å². The molecule has 7 nitrogen and oxygen atoms in total. The molecule has 0 aliphatic carbocycles. The highest BCUT2D eigenvalue weighted by Crippen LogP contribution is 2.19. The van der Waals surface area contributed by atoms with E-state index in [0.717, 1.165) is 12.3 Å². The third kappa shape index (κ3) is 3.99. The monoisotopic (exact) mass is 325 g/mol. The number of aliphatic hydroxyl groups is 1. The van der Waals surface area contributed by atoms with E-state index in [1.54, 1.807) is 0 Å². The van der Waals surface area contributed by atoms with Gasteiger partial charge in [0, 0.05) is 26.8 Å². The Hall–Kier alpha value is -1.52. The van der Waals surface area contributed by atoms with E-state index in [2.05, 4.69) is 5.32 Å². The van der Waals surface area contributed by atoms with Crippen molar-refractivity contribution in [2.75, 3.05) is 26.7 Å². The van der Waals surface area contributed by atoms with E-state index < -0.39 is 42.1 Å². The molecule has 0 bridgehead atoms. The first-order chi connectivity index (χ1) is 9.73. The fraction of sp³-hybridized carbons (Fsp3) is 0.545. The molecule has 1 aromatic rings. The van der Waals surface area contributed by atoms with Gasteiger partial charge in [-0.25, -0.2) is 17.2 Å². The second kappa shape index (κ2) is 6.96. The van der Waals surface area contributed by atoms with Crippen LogP contribution < -0.4 is 5.32 Å². The minimum atomic E-state index is -4.21. The number of hydrogen-bond acceptors (Lipinski definition) is 4. The molecule has 120 valence electrons. The fourth-order valence-corrected chi connectivity index (χ4v) is 3.23. The van der Waals surface area contributed by atoms with Gasteiger partial charge in [0.2, 0.25) is 10.0 Å². The maximum absolute atomic E-state index is 12.5. The summed E-state index contributed by atoms with van der Waals surface area (Å²) in [5.41, 5.74) is 0.0806. The molecule has 0 aliphatic rings. The summed E-state index contributed by atoms with van der Waals surface area (Å²) < 4.78 is 51.2. The number of carbonyl (C=O) groups excluding carboxylic acids is 1. The molecular weight excluding hydrogens is 308 g/mol. The number of nitrogens with one attached hydrogen (secondary N) is 1. The van der Waals surface area contributed by atoms with Gasteiger partial charge in [-0.1, -0.05) is 0 Å². The number of aromatic nitrogens is 1. The van der Waals surface area contributed by atoms with Gasteiger partial charge < -0.3 is 15.0 Å². The Labute approximate surface area is 121 Å². The number of halogens is 2. The van der Waals surface area contributed by atoms with Crippen LogP contribution in [-0.4, -0.2) is 61.5 Å². The van der Waals surface area contributed by atoms with Gasteiger partial charge in [-0.05, 0) is 6.07 Å². The van der Waals surface area contributed by atoms with E-state index in [0.29, 0.717) is 4.31 Å². The molecule has 10 heteroatoms. The van der Waals surface area contributed by atoms with Crippen LogP contribution >= 0.6 is 0 Å². The van der Waals surface area contributed by atoms with Crippen LogP contribution in [0.2, 0.25) is 0 Å². The first-order valence-corrected chi connectivity index (χ1v) is 7.45. The van der Waals surface area contributed by atoms with Crippen molar-refractivity contribution in [2.45, 2.75) is 11.3 Å². The molecule has 0 spiro atoms. The number of hydrogen-bond donors (Lipinski definition) is 2. The predicted molar refractivity (Wildman–Crippen MR) is 70.7 cm³/mol. The molecule has 2 N–H and O–H groups in total. The van der Waals surface area contributed by atoms with Gasteiger partial charge in [0.05, 0.1) is 13.2 Å². The average molecular weight is 325 g/mol. The third-order valence-corrected chi connectivity index (χ3v) is 4.60. The summed E-state index contributed by atoms with van der Waals surface area (Å²) in [5, 5.41) is 11.2. The molecule has 21 heavy (non-hydrogen) atoms. The normalized spacial score (nSPS) is 12.1. The van der Waals surface area contributed by atoms with E-state index in [1.807, 2.05) is 0 Å². The van der Waals surface area contributed by atoms with Crippen molar-refractivity contribution in [1.29, 1.82) is 0 Å². The van der Waals surface area contributed by atoms with Crippen molar-refractivity contribution in [2.24, 2.45) is 7.05 Å². The molecule has 1 rings (SSSR count). The van der Waals surface area contributed by atoms with Gasteiger partial charge >= 0.3 is 0 Å². The van der Waals surface area contributed by atoms with Crippen molar-refractivity contribution < 1.29 is 27.1 Å². The Kier molecular flexibility index (Phi) is 5.81. The van der Waals surface area contributed by atoms with Gasteiger partial charge in [-0.2, -0.15) is 4.31 Å². The number of nitrogens with zero attached hydrogens (tertiary/aromatic N) is 2. The van der Waals surface area contributed by atoms with Crippen LogP contribution in [0.4, 0.5) is 8.78 Å².